The molecule has 1 aliphatic rings. The first kappa shape index (κ1) is 20.6. The lowest BCUT2D eigenvalue weighted by Gasteiger charge is -2.34. The van der Waals surface area contributed by atoms with Crippen LogP contribution in [-0.4, -0.2) is 41.5 Å². The highest BCUT2D eigenvalue weighted by Gasteiger charge is 2.28. The van der Waals surface area contributed by atoms with Crippen LogP contribution in [0.15, 0.2) is 48.5 Å². The maximum Gasteiger partial charge on any atom is 0.251 e. The van der Waals surface area contributed by atoms with Gasteiger partial charge in [-0.15, -0.1) is 0 Å². The summed E-state index contributed by atoms with van der Waals surface area (Å²) >= 11 is 11.8. The zero-order chi connectivity index (χ0) is 20.1. The molecule has 2 amide bonds. The molecule has 1 aliphatic heterocycles. The van der Waals surface area contributed by atoms with Crippen molar-refractivity contribution in [2.75, 3.05) is 19.6 Å². The molecule has 1 saturated heterocycles. The van der Waals surface area contributed by atoms with Gasteiger partial charge in [0.25, 0.3) is 5.91 Å². The predicted octanol–water partition coefficient (Wildman–Crippen LogP) is 3.70. The van der Waals surface area contributed by atoms with Crippen molar-refractivity contribution in [1.29, 1.82) is 0 Å². The molecule has 0 aliphatic carbocycles. The zero-order valence-corrected chi connectivity index (χ0v) is 16.8. The number of aliphatic hydroxyl groups is 1. The van der Waals surface area contributed by atoms with Crippen LogP contribution in [0.4, 0.5) is 0 Å². The third-order valence-corrected chi connectivity index (χ3v) is 5.80. The van der Waals surface area contributed by atoms with Crippen LogP contribution < -0.4 is 5.32 Å². The van der Waals surface area contributed by atoms with E-state index >= 15 is 0 Å². The van der Waals surface area contributed by atoms with Crippen LogP contribution in [0.3, 0.4) is 0 Å². The van der Waals surface area contributed by atoms with E-state index in [0.29, 0.717) is 28.7 Å². The number of piperidine rings is 1. The second-order valence-corrected chi connectivity index (χ2v) is 7.70. The first-order chi connectivity index (χ1) is 13.5. The second-order valence-electron chi connectivity index (χ2n) is 6.89. The molecule has 1 atom stereocenters. The number of aliphatic hydroxyl groups excluding tert-OH is 1. The Hall–Kier alpha value is -2.08. The molecule has 2 aromatic rings. The van der Waals surface area contributed by atoms with Crippen LogP contribution in [0, 0.1) is 5.92 Å². The smallest absolute Gasteiger partial charge is 0.251 e. The molecular weight excluding hydrogens is 399 g/mol. The number of rotatable bonds is 5. The van der Waals surface area contributed by atoms with E-state index < -0.39 is 6.10 Å². The zero-order valence-electron chi connectivity index (χ0n) is 15.3. The SMILES string of the molecule is O=C(NCC(=O)N1CCC(C(O)c2ccccc2)CC1)c1ccc(Cl)c(Cl)c1. The molecule has 3 rings (SSSR count). The standard InChI is InChI=1S/C21H22Cl2N2O3/c22-17-7-6-16(12-18(17)23)21(28)24-13-19(26)25-10-8-15(9-11-25)20(27)14-4-2-1-3-5-14/h1-7,12,15,20,27H,8-11,13H2,(H,24,28). The van der Waals surface area contributed by atoms with Gasteiger partial charge < -0.3 is 15.3 Å². The predicted molar refractivity (Wildman–Crippen MR) is 110 cm³/mol. The Labute approximate surface area is 174 Å². The Morgan fingerprint density at radius 2 is 1.75 bits per heavy atom. The molecule has 0 radical (unpaired) electrons. The van der Waals surface area contributed by atoms with Crippen molar-refractivity contribution in [3.8, 4) is 0 Å². The van der Waals surface area contributed by atoms with Gasteiger partial charge >= 0.3 is 0 Å². The summed E-state index contributed by atoms with van der Waals surface area (Å²) < 4.78 is 0. The van der Waals surface area contributed by atoms with E-state index in [1.165, 1.54) is 6.07 Å². The molecule has 5 nitrogen and oxygen atoms in total. The first-order valence-corrected chi connectivity index (χ1v) is 9.95. The van der Waals surface area contributed by atoms with Gasteiger partial charge in [-0.1, -0.05) is 53.5 Å². The monoisotopic (exact) mass is 420 g/mol. The van der Waals surface area contributed by atoms with Gasteiger partial charge in [0.05, 0.1) is 22.7 Å². The van der Waals surface area contributed by atoms with E-state index in [1.807, 2.05) is 30.3 Å². The Bertz CT molecular complexity index is 837. The maximum absolute atomic E-state index is 12.4. The summed E-state index contributed by atoms with van der Waals surface area (Å²) in [5.41, 5.74) is 1.26. The number of nitrogens with one attached hydrogen (secondary N) is 1. The van der Waals surface area contributed by atoms with Crippen LogP contribution >= 0.6 is 23.2 Å². The van der Waals surface area contributed by atoms with Crippen LogP contribution in [0.5, 0.6) is 0 Å². The number of hydrogen-bond donors (Lipinski definition) is 2. The molecule has 148 valence electrons. The Balaban J connectivity index is 1.47. The van der Waals surface area contributed by atoms with Crippen molar-refractivity contribution in [3.05, 3.63) is 69.7 Å². The highest BCUT2D eigenvalue weighted by Crippen LogP contribution is 2.30. The van der Waals surface area contributed by atoms with E-state index in [-0.39, 0.29) is 24.3 Å². The number of likely N-dealkylation sites (tertiary alicyclic amines) is 1. The molecule has 28 heavy (non-hydrogen) atoms. The van der Waals surface area contributed by atoms with Crippen LogP contribution in [0.1, 0.15) is 34.9 Å². The molecule has 0 bridgehead atoms. The summed E-state index contributed by atoms with van der Waals surface area (Å²) in [4.78, 5) is 26.3. The molecule has 7 heteroatoms. The molecule has 0 saturated carbocycles. The van der Waals surface area contributed by atoms with Crippen molar-refractivity contribution >= 4 is 35.0 Å². The lowest BCUT2D eigenvalue weighted by atomic mass is 9.87. The third kappa shape index (κ3) is 5.04. The lowest BCUT2D eigenvalue weighted by Crippen LogP contribution is -2.44. The van der Waals surface area contributed by atoms with Crippen molar-refractivity contribution in [1.82, 2.24) is 10.2 Å². The van der Waals surface area contributed by atoms with Gasteiger partial charge in [-0.25, -0.2) is 0 Å². The number of carbonyl (C=O) groups is 2. The molecular formula is C21H22Cl2N2O3. The average Bonchev–Trinajstić information content (AvgIpc) is 2.74. The highest BCUT2D eigenvalue weighted by atomic mass is 35.5. The number of carbonyl (C=O) groups excluding carboxylic acids is 2. The minimum Gasteiger partial charge on any atom is -0.388 e. The molecule has 2 N–H and O–H groups in total. The minimum absolute atomic E-state index is 0.0784. The molecule has 1 unspecified atom stereocenters. The minimum atomic E-state index is -0.521. The number of amides is 2. The quantitative estimate of drug-likeness (QED) is 0.774. The molecule has 0 spiro atoms. The Kier molecular flexibility index (Phi) is 6.94. The average molecular weight is 421 g/mol. The summed E-state index contributed by atoms with van der Waals surface area (Å²) in [5.74, 6) is -0.389. The largest absolute Gasteiger partial charge is 0.388 e. The normalized spacial score (nSPS) is 15.9. The fourth-order valence-electron chi connectivity index (χ4n) is 3.39. The molecule has 2 aromatic carbocycles. The van der Waals surface area contributed by atoms with E-state index in [0.717, 1.165) is 18.4 Å². The first-order valence-electron chi connectivity index (χ1n) is 9.19. The van der Waals surface area contributed by atoms with Crippen molar-refractivity contribution < 1.29 is 14.7 Å². The number of nitrogens with zero attached hydrogens (tertiary/aromatic N) is 1. The summed E-state index contributed by atoms with van der Waals surface area (Å²) in [6.45, 7) is 1.05. The fourth-order valence-corrected chi connectivity index (χ4v) is 3.69. The van der Waals surface area contributed by atoms with E-state index in [9.17, 15) is 14.7 Å². The van der Waals surface area contributed by atoms with E-state index in [4.69, 9.17) is 23.2 Å². The summed E-state index contributed by atoms with van der Waals surface area (Å²) in [7, 11) is 0. The highest BCUT2D eigenvalue weighted by molar-refractivity contribution is 6.42. The lowest BCUT2D eigenvalue weighted by molar-refractivity contribution is -0.132. The van der Waals surface area contributed by atoms with Crippen LogP contribution in [0.25, 0.3) is 0 Å². The van der Waals surface area contributed by atoms with Gasteiger partial charge in [0, 0.05) is 18.7 Å². The number of benzene rings is 2. The fraction of sp³-hybridized carbons (Fsp3) is 0.333. The summed E-state index contributed by atoms with van der Waals surface area (Å²) in [5, 5.41) is 13.8. The Morgan fingerprint density at radius 3 is 2.39 bits per heavy atom. The third-order valence-electron chi connectivity index (χ3n) is 5.06. The van der Waals surface area contributed by atoms with Gasteiger partial charge in [0.1, 0.15) is 0 Å². The summed E-state index contributed by atoms with van der Waals surface area (Å²) in [6, 6.07) is 14.2. The van der Waals surface area contributed by atoms with Gasteiger partial charge in [-0.05, 0) is 42.5 Å². The Morgan fingerprint density at radius 1 is 1.07 bits per heavy atom. The summed E-state index contributed by atoms with van der Waals surface area (Å²) in [6.07, 6.45) is 0.929. The van der Waals surface area contributed by atoms with E-state index in [2.05, 4.69) is 5.32 Å². The van der Waals surface area contributed by atoms with Gasteiger partial charge in [-0.3, -0.25) is 9.59 Å². The number of halogens is 2. The number of hydrogen-bond acceptors (Lipinski definition) is 3. The van der Waals surface area contributed by atoms with Gasteiger partial charge in [0.15, 0.2) is 0 Å². The second kappa shape index (κ2) is 9.41. The molecule has 1 fully saturated rings. The van der Waals surface area contributed by atoms with Crippen molar-refractivity contribution in [2.24, 2.45) is 5.92 Å². The van der Waals surface area contributed by atoms with Crippen molar-refractivity contribution in [2.45, 2.75) is 18.9 Å². The van der Waals surface area contributed by atoms with Gasteiger partial charge in [-0.2, -0.15) is 0 Å². The van der Waals surface area contributed by atoms with Crippen LogP contribution in [-0.2, 0) is 4.79 Å². The van der Waals surface area contributed by atoms with E-state index in [1.54, 1.807) is 17.0 Å². The van der Waals surface area contributed by atoms with Gasteiger partial charge in [0.2, 0.25) is 5.91 Å². The molecule has 1 heterocycles. The van der Waals surface area contributed by atoms with Crippen molar-refractivity contribution in [3.63, 3.8) is 0 Å². The maximum atomic E-state index is 12.4. The van der Waals surface area contributed by atoms with Crippen LogP contribution in [0.2, 0.25) is 10.0 Å². The molecule has 0 aromatic heterocycles. The topological polar surface area (TPSA) is 69.6 Å².